The van der Waals surface area contributed by atoms with Crippen LogP contribution in [0.1, 0.15) is 51.2 Å². The van der Waals surface area contributed by atoms with Crippen LogP contribution >= 0.6 is 0 Å². The molecule has 0 bridgehead atoms. The number of halogens is 1. The molecule has 4 aromatic rings. The predicted octanol–water partition coefficient (Wildman–Crippen LogP) is 2.64. The molecule has 0 radical (unpaired) electrons. The predicted molar refractivity (Wildman–Crippen MR) is 127 cm³/mol. The van der Waals surface area contributed by atoms with Crippen LogP contribution in [0.4, 0.5) is 4.39 Å². The van der Waals surface area contributed by atoms with Crippen molar-refractivity contribution in [3.05, 3.63) is 72.4 Å². The first-order valence-corrected chi connectivity index (χ1v) is 11.6. The average molecular weight is 470 g/mol. The van der Waals surface area contributed by atoms with Crippen LogP contribution in [-0.2, 0) is 26.1 Å². The van der Waals surface area contributed by atoms with Crippen molar-refractivity contribution in [3.63, 3.8) is 0 Å². The molecule has 0 saturated heterocycles. The number of hydrogen-bond acceptors (Lipinski definition) is 5. The van der Waals surface area contributed by atoms with E-state index < -0.39 is 22.6 Å². The van der Waals surface area contributed by atoms with Gasteiger partial charge in [-0.15, -0.1) is 0 Å². The van der Waals surface area contributed by atoms with Gasteiger partial charge in [-0.05, 0) is 44.4 Å². The summed E-state index contributed by atoms with van der Waals surface area (Å²) in [7, 11) is 0. The van der Waals surface area contributed by atoms with Gasteiger partial charge in [0.25, 0.3) is 11.1 Å². The van der Waals surface area contributed by atoms with E-state index in [1.54, 1.807) is 26.0 Å². The number of unbranched alkanes of at least 4 members (excludes halogenated alkanes) is 2. The Morgan fingerprint density at radius 2 is 1.59 bits per heavy atom. The summed E-state index contributed by atoms with van der Waals surface area (Å²) in [6.07, 6.45) is 2.82. The van der Waals surface area contributed by atoms with Gasteiger partial charge in [0.1, 0.15) is 5.82 Å². The molecule has 0 aliphatic rings. The molecule has 0 aliphatic carbocycles. The molecular weight excluding hydrogens is 441 g/mol. The van der Waals surface area contributed by atoms with Crippen molar-refractivity contribution in [3.8, 4) is 5.88 Å². The Balaban J connectivity index is 2.13. The fraction of sp³-hybridized carbons (Fsp3) is 0.417. The maximum atomic E-state index is 13.5. The lowest BCUT2D eigenvalue weighted by Crippen LogP contribution is -2.39. The quantitative estimate of drug-likeness (QED) is 0.400. The van der Waals surface area contributed by atoms with E-state index in [-0.39, 0.29) is 48.0 Å². The first-order valence-electron chi connectivity index (χ1n) is 11.6. The van der Waals surface area contributed by atoms with Crippen LogP contribution in [-0.4, -0.2) is 28.2 Å². The van der Waals surface area contributed by atoms with Crippen LogP contribution in [0, 0.1) is 5.82 Å². The SMILES string of the molecule is CCCCCc1c(O)n2c3c(=O)n(CC)c(=O)n(CC)c3nc2n(Cc2ccc(F)cc2)c1=O. The van der Waals surface area contributed by atoms with E-state index in [0.29, 0.717) is 18.4 Å². The van der Waals surface area contributed by atoms with E-state index in [1.165, 1.54) is 25.7 Å². The van der Waals surface area contributed by atoms with Gasteiger partial charge in [0.15, 0.2) is 11.2 Å². The summed E-state index contributed by atoms with van der Waals surface area (Å²) in [5.41, 5.74) is -0.527. The molecule has 0 aliphatic heterocycles. The third-order valence-electron chi connectivity index (χ3n) is 6.15. The molecular formula is C24H28FN5O4. The molecule has 4 rings (SSSR count). The molecule has 180 valence electrons. The fourth-order valence-corrected chi connectivity index (χ4v) is 4.34. The van der Waals surface area contributed by atoms with Crippen LogP contribution in [0.3, 0.4) is 0 Å². The van der Waals surface area contributed by atoms with Crippen molar-refractivity contribution < 1.29 is 9.50 Å². The van der Waals surface area contributed by atoms with Gasteiger partial charge in [0, 0.05) is 13.1 Å². The second kappa shape index (κ2) is 9.28. The minimum atomic E-state index is -0.582. The van der Waals surface area contributed by atoms with Gasteiger partial charge in [-0.3, -0.25) is 23.3 Å². The van der Waals surface area contributed by atoms with Gasteiger partial charge in [-0.2, -0.15) is 4.98 Å². The van der Waals surface area contributed by atoms with E-state index in [9.17, 15) is 23.9 Å². The number of benzene rings is 1. The van der Waals surface area contributed by atoms with Crippen molar-refractivity contribution in [2.24, 2.45) is 0 Å². The number of aryl methyl sites for hydroxylation is 1. The lowest BCUT2D eigenvalue weighted by Gasteiger charge is -2.13. The van der Waals surface area contributed by atoms with Gasteiger partial charge in [0.2, 0.25) is 11.7 Å². The second-order valence-electron chi connectivity index (χ2n) is 8.27. The zero-order valence-electron chi connectivity index (χ0n) is 19.5. The normalized spacial score (nSPS) is 11.6. The molecule has 9 nitrogen and oxygen atoms in total. The molecule has 0 atom stereocenters. The summed E-state index contributed by atoms with van der Waals surface area (Å²) >= 11 is 0. The molecule has 1 aromatic carbocycles. The molecule has 0 unspecified atom stereocenters. The largest absolute Gasteiger partial charge is 0.494 e. The third-order valence-corrected chi connectivity index (χ3v) is 6.15. The van der Waals surface area contributed by atoms with E-state index in [1.807, 2.05) is 6.92 Å². The minimum absolute atomic E-state index is 0.0420. The van der Waals surface area contributed by atoms with Crippen LogP contribution in [0.15, 0.2) is 38.6 Å². The summed E-state index contributed by atoms with van der Waals surface area (Å²) in [6, 6.07) is 5.74. The third kappa shape index (κ3) is 3.72. The Morgan fingerprint density at radius 1 is 0.912 bits per heavy atom. The number of rotatable bonds is 8. The van der Waals surface area contributed by atoms with E-state index in [4.69, 9.17) is 0 Å². The zero-order valence-corrected chi connectivity index (χ0v) is 19.5. The minimum Gasteiger partial charge on any atom is -0.494 e. The monoisotopic (exact) mass is 469 g/mol. The van der Waals surface area contributed by atoms with Crippen molar-refractivity contribution in [2.45, 2.75) is 66.1 Å². The molecule has 0 fully saturated rings. The Kier molecular flexibility index (Phi) is 6.41. The summed E-state index contributed by atoms with van der Waals surface area (Å²) in [5, 5.41) is 11.2. The van der Waals surface area contributed by atoms with E-state index >= 15 is 0 Å². The standard InChI is InChI=1S/C24H28FN5O4/c1-4-7-8-9-17-20(31)29(14-15-10-12-16(25)13-11-15)23-26-19-18(30(23)21(17)32)22(33)28(6-3)24(34)27(19)5-2/h10-13,32H,4-9,14H2,1-3H3. The van der Waals surface area contributed by atoms with Crippen LogP contribution in [0.2, 0.25) is 0 Å². The van der Waals surface area contributed by atoms with E-state index in [0.717, 1.165) is 17.4 Å². The number of fused-ring (bicyclic) bond motifs is 3. The van der Waals surface area contributed by atoms with E-state index in [2.05, 4.69) is 4.98 Å². The fourth-order valence-electron chi connectivity index (χ4n) is 4.34. The van der Waals surface area contributed by atoms with Gasteiger partial charge in [0.05, 0.1) is 12.1 Å². The molecule has 3 aromatic heterocycles. The molecule has 3 heterocycles. The number of imidazole rings is 1. The molecule has 1 N–H and O–H groups in total. The van der Waals surface area contributed by atoms with Crippen LogP contribution < -0.4 is 16.8 Å². The maximum Gasteiger partial charge on any atom is 0.332 e. The maximum absolute atomic E-state index is 13.5. The summed E-state index contributed by atoms with van der Waals surface area (Å²) in [6.45, 7) is 5.96. The number of aromatic nitrogens is 5. The van der Waals surface area contributed by atoms with Gasteiger partial charge >= 0.3 is 5.69 Å². The summed E-state index contributed by atoms with van der Waals surface area (Å²) in [5.74, 6) is -0.686. The Morgan fingerprint density at radius 3 is 2.21 bits per heavy atom. The summed E-state index contributed by atoms with van der Waals surface area (Å²) < 4.78 is 18.5. The van der Waals surface area contributed by atoms with Gasteiger partial charge < -0.3 is 5.11 Å². The molecule has 0 amide bonds. The van der Waals surface area contributed by atoms with Gasteiger partial charge in [-0.1, -0.05) is 31.9 Å². The van der Waals surface area contributed by atoms with Gasteiger partial charge in [-0.25, -0.2) is 13.6 Å². The Bertz CT molecular complexity index is 1540. The second-order valence-corrected chi connectivity index (χ2v) is 8.27. The highest BCUT2D eigenvalue weighted by Crippen LogP contribution is 2.23. The Hall–Kier alpha value is -3.69. The lowest BCUT2D eigenvalue weighted by atomic mass is 10.1. The molecule has 0 spiro atoms. The van der Waals surface area contributed by atoms with Crippen molar-refractivity contribution in [2.75, 3.05) is 0 Å². The first kappa shape index (κ1) is 23.5. The Labute approximate surface area is 194 Å². The highest BCUT2D eigenvalue weighted by molar-refractivity contribution is 5.76. The summed E-state index contributed by atoms with van der Waals surface area (Å²) in [4.78, 5) is 44.1. The van der Waals surface area contributed by atoms with Crippen molar-refractivity contribution in [1.29, 1.82) is 0 Å². The zero-order chi connectivity index (χ0) is 24.6. The van der Waals surface area contributed by atoms with Crippen molar-refractivity contribution in [1.82, 2.24) is 23.1 Å². The number of hydrogen-bond donors (Lipinski definition) is 1. The number of aromatic hydroxyl groups is 1. The van der Waals surface area contributed by atoms with Crippen LogP contribution in [0.5, 0.6) is 5.88 Å². The highest BCUT2D eigenvalue weighted by atomic mass is 19.1. The molecule has 0 saturated carbocycles. The molecule has 34 heavy (non-hydrogen) atoms. The lowest BCUT2D eigenvalue weighted by molar-refractivity contribution is 0.432. The number of nitrogens with zero attached hydrogens (tertiary/aromatic N) is 5. The average Bonchev–Trinajstić information content (AvgIpc) is 3.21. The molecule has 10 heteroatoms. The van der Waals surface area contributed by atoms with Crippen LogP contribution in [0.25, 0.3) is 16.9 Å². The van der Waals surface area contributed by atoms with Crippen molar-refractivity contribution >= 4 is 16.9 Å². The topological polar surface area (TPSA) is 104 Å². The first-order chi connectivity index (χ1) is 16.3. The smallest absolute Gasteiger partial charge is 0.332 e. The highest BCUT2D eigenvalue weighted by Gasteiger charge is 2.25.